The maximum Gasteiger partial charge on any atom is 0.241 e. The zero-order chi connectivity index (χ0) is 14.0. The lowest BCUT2D eigenvalue weighted by atomic mass is 10.1. The summed E-state index contributed by atoms with van der Waals surface area (Å²) in [5.41, 5.74) is 2.27. The van der Waals surface area contributed by atoms with E-state index in [-0.39, 0.29) is 23.7 Å². The van der Waals surface area contributed by atoms with Crippen LogP contribution in [0.3, 0.4) is 0 Å². The van der Waals surface area contributed by atoms with Crippen LogP contribution in [0.15, 0.2) is 24.3 Å². The number of amides is 2. The third-order valence-electron chi connectivity index (χ3n) is 3.23. The van der Waals surface area contributed by atoms with Crippen LogP contribution in [0.25, 0.3) is 0 Å². The van der Waals surface area contributed by atoms with E-state index in [2.05, 4.69) is 0 Å². The molecule has 4 nitrogen and oxygen atoms in total. The largest absolute Gasteiger partial charge is 0.347 e. The summed E-state index contributed by atoms with van der Waals surface area (Å²) in [6, 6.07) is 8.01. The van der Waals surface area contributed by atoms with Gasteiger partial charge in [0.25, 0.3) is 0 Å². The van der Waals surface area contributed by atoms with Crippen LogP contribution in [0.1, 0.15) is 16.5 Å². The van der Waals surface area contributed by atoms with Crippen molar-refractivity contribution in [2.24, 2.45) is 0 Å². The van der Waals surface area contributed by atoms with Gasteiger partial charge in [0, 0.05) is 14.1 Å². The standard InChI is InChI=1S/C14H18N2O2S/c1-10-6-4-5-7-11(10)14-16(13(18)9-19-14)8-12(17)15(2)3/h4-7,14H,8-9H2,1-3H3/t14-/m0/s1. The number of hydrogen-bond donors (Lipinski definition) is 0. The Morgan fingerprint density at radius 2 is 2.11 bits per heavy atom. The van der Waals surface area contributed by atoms with E-state index in [9.17, 15) is 9.59 Å². The number of aryl methyl sites for hydroxylation is 1. The van der Waals surface area contributed by atoms with Crippen molar-refractivity contribution < 1.29 is 9.59 Å². The lowest BCUT2D eigenvalue weighted by Gasteiger charge is -2.26. The highest BCUT2D eigenvalue weighted by Crippen LogP contribution is 2.39. The van der Waals surface area contributed by atoms with Crippen LogP contribution < -0.4 is 0 Å². The SMILES string of the molecule is Cc1ccccc1[C@@H]1SCC(=O)N1CC(=O)N(C)C. The van der Waals surface area contributed by atoms with Gasteiger partial charge in [0.05, 0.1) is 5.75 Å². The lowest BCUT2D eigenvalue weighted by molar-refractivity contribution is -0.137. The Kier molecular flexibility index (Phi) is 4.14. The molecule has 0 bridgehead atoms. The average Bonchev–Trinajstić information content (AvgIpc) is 2.72. The summed E-state index contributed by atoms with van der Waals surface area (Å²) < 4.78 is 0. The number of benzene rings is 1. The van der Waals surface area contributed by atoms with E-state index in [4.69, 9.17) is 0 Å². The molecule has 2 amide bonds. The van der Waals surface area contributed by atoms with E-state index in [1.165, 1.54) is 4.90 Å². The molecule has 0 saturated carbocycles. The maximum atomic E-state index is 12.0. The van der Waals surface area contributed by atoms with E-state index in [0.717, 1.165) is 11.1 Å². The quantitative estimate of drug-likeness (QED) is 0.844. The summed E-state index contributed by atoms with van der Waals surface area (Å²) >= 11 is 1.59. The van der Waals surface area contributed by atoms with Crippen LogP contribution in [0, 0.1) is 6.92 Å². The van der Waals surface area contributed by atoms with E-state index in [1.54, 1.807) is 30.8 Å². The Bertz CT molecular complexity index is 502. The Labute approximate surface area is 117 Å². The second kappa shape index (κ2) is 5.65. The van der Waals surface area contributed by atoms with E-state index >= 15 is 0 Å². The molecule has 5 heteroatoms. The molecule has 0 spiro atoms. The summed E-state index contributed by atoms with van der Waals surface area (Å²) in [6.07, 6.45) is 0. The molecule has 0 radical (unpaired) electrons. The van der Waals surface area contributed by atoms with Gasteiger partial charge in [-0.1, -0.05) is 24.3 Å². The molecule has 1 aromatic rings. The third-order valence-corrected chi connectivity index (χ3v) is 4.46. The number of thioether (sulfide) groups is 1. The predicted octanol–water partition coefficient (Wildman–Crippen LogP) is 1.66. The molecule has 2 rings (SSSR count). The molecule has 1 atom stereocenters. The van der Waals surface area contributed by atoms with E-state index < -0.39 is 0 Å². The molecule has 102 valence electrons. The molecule has 1 heterocycles. The molecular weight excluding hydrogens is 260 g/mol. The third kappa shape index (κ3) is 2.92. The number of nitrogens with zero attached hydrogens (tertiary/aromatic N) is 2. The zero-order valence-corrected chi connectivity index (χ0v) is 12.2. The number of carbonyl (C=O) groups excluding carboxylic acids is 2. The molecule has 0 aromatic heterocycles. The van der Waals surface area contributed by atoms with Crippen molar-refractivity contribution in [2.75, 3.05) is 26.4 Å². The highest BCUT2D eigenvalue weighted by Gasteiger charge is 2.34. The van der Waals surface area contributed by atoms with E-state index in [1.807, 2.05) is 31.2 Å². The molecule has 1 fully saturated rings. The van der Waals surface area contributed by atoms with E-state index in [0.29, 0.717) is 5.75 Å². The topological polar surface area (TPSA) is 40.6 Å². The number of likely N-dealkylation sites (N-methyl/N-ethyl adjacent to an activating group) is 1. The molecule has 1 aromatic carbocycles. The fourth-order valence-electron chi connectivity index (χ4n) is 2.03. The predicted molar refractivity (Wildman–Crippen MR) is 76.8 cm³/mol. The van der Waals surface area contributed by atoms with Gasteiger partial charge in [-0.2, -0.15) is 0 Å². The first kappa shape index (κ1) is 13.9. The maximum absolute atomic E-state index is 12.0. The van der Waals surface area contributed by atoms with Gasteiger partial charge in [0.15, 0.2) is 0 Å². The van der Waals surface area contributed by atoms with Crippen LogP contribution in [0.5, 0.6) is 0 Å². The fourth-order valence-corrected chi connectivity index (χ4v) is 3.32. The first-order chi connectivity index (χ1) is 9.00. The zero-order valence-electron chi connectivity index (χ0n) is 11.4. The highest BCUT2D eigenvalue weighted by atomic mass is 32.2. The van der Waals surface area contributed by atoms with Crippen molar-refractivity contribution in [1.82, 2.24) is 9.80 Å². The second-order valence-electron chi connectivity index (χ2n) is 4.83. The molecular formula is C14H18N2O2S. The summed E-state index contributed by atoms with van der Waals surface area (Å²) in [5, 5.41) is -0.0439. The summed E-state index contributed by atoms with van der Waals surface area (Å²) in [5.74, 6) is 0.433. The minimum atomic E-state index is -0.0468. The molecule has 1 aliphatic heterocycles. The van der Waals surface area contributed by atoms with Crippen LogP contribution in [-0.4, -0.2) is 48.0 Å². The van der Waals surface area contributed by atoms with Crippen molar-refractivity contribution in [3.63, 3.8) is 0 Å². The Balaban J connectivity index is 2.23. The Hall–Kier alpha value is -1.49. The molecule has 0 N–H and O–H groups in total. The van der Waals surface area contributed by atoms with Crippen molar-refractivity contribution in [3.8, 4) is 0 Å². The van der Waals surface area contributed by atoms with Crippen LogP contribution in [0.4, 0.5) is 0 Å². The smallest absolute Gasteiger partial charge is 0.241 e. The minimum Gasteiger partial charge on any atom is -0.347 e. The van der Waals surface area contributed by atoms with Crippen molar-refractivity contribution in [3.05, 3.63) is 35.4 Å². The van der Waals surface area contributed by atoms with Gasteiger partial charge in [0.1, 0.15) is 11.9 Å². The summed E-state index contributed by atoms with van der Waals surface area (Å²) in [7, 11) is 3.41. The number of rotatable bonds is 3. The van der Waals surface area contributed by atoms with Crippen LogP contribution in [-0.2, 0) is 9.59 Å². The monoisotopic (exact) mass is 278 g/mol. The highest BCUT2D eigenvalue weighted by molar-refractivity contribution is 8.00. The van der Waals surface area contributed by atoms with Crippen molar-refractivity contribution in [1.29, 1.82) is 0 Å². The molecule has 0 aliphatic carbocycles. The van der Waals surface area contributed by atoms with Crippen molar-refractivity contribution in [2.45, 2.75) is 12.3 Å². The van der Waals surface area contributed by atoms with Gasteiger partial charge in [-0.25, -0.2) is 0 Å². The molecule has 0 unspecified atom stereocenters. The number of hydrogen-bond acceptors (Lipinski definition) is 3. The molecule has 1 aliphatic rings. The normalized spacial score (nSPS) is 18.8. The first-order valence-corrected chi connectivity index (χ1v) is 7.22. The van der Waals surface area contributed by atoms with Crippen LogP contribution in [0.2, 0.25) is 0 Å². The Morgan fingerprint density at radius 3 is 2.74 bits per heavy atom. The Morgan fingerprint density at radius 1 is 1.42 bits per heavy atom. The molecule has 19 heavy (non-hydrogen) atoms. The van der Waals surface area contributed by atoms with Gasteiger partial charge >= 0.3 is 0 Å². The summed E-state index contributed by atoms with van der Waals surface area (Å²) in [6.45, 7) is 2.18. The summed E-state index contributed by atoms with van der Waals surface area (Å²) in [4.78, 5) is 27.0. The van der Waals surface area contributed by atoms with Gasteiger partial charge in [0.2, 0.25) is 11.8 Å². The molecule has 1 saturated heterocycles. The van der Waals surface area contributed by atoms with Gasteiger partial charge in [-0.05, 0) is 18.1 Å². The van der Waals surface area contributed by atoms with Crippen LogP contribution >= 0.6 is 11.8 Å². The van der Waals surface area contributed by atoms with Gasteiger partial charge < -0.3 is 9.80 Å². The van der Waals surface area contributed by atoms with Gasteiger partial charge in [-0.15, -0.1) is 11.8 Å². The van der Waals surface area contributed by atoms with Crippen molar-refractivity contribution >= 4 is 23.6 Å². The minimum absolute atomic E-state index is 0.0356. The number of carbonyl (C=O) groups is 2. The second-order valence-corrected chi connectivity index (χ2v) is 5.90. The average molecular weight is 278 g/mol. The first-order valence-electron chi connectivity index (χ1n) is 6.17. The fraction of sp³-hybridized carbons (Fsp3) is 0.429. The van der Waals surface area contributed by atoms with Gasteiger partial charge in [-0.3, -0.25) is 9.59 Å². The lowest BCUT2D eigenvalue weighted by Crippen LogP contribution is -2.38.